The minimum absolute atomic E-state index is 0.0121. The number of nitro benzene ring substituents is 1. The molecule has 12 nitrogen and oxygen atoms in total. The number of nitro groups is 1. The molecule has 4 rings (SSSR count). The highest BCUT2D eigenvalue weighted by atomic mass is 16.6. The quantitative estimate of drug-likeness (QED) is 0.164. The van der Waals surface area contributed by atoms with Gasteiger partial charge in [0, 0.05) is 36.0 Å². The number of esters is 1. The van der Waals surface area contributed by atoms with Gasteiger partial charge < -0.3 is 15.4 Å². The van der Waals surface area contributed by atoms with Crippen molar-refractivity contribution in [2.24, 2.45) is 0 Å². The number of carbonyl (C=O) groups excluding carboxylic acids is 5. The molecule has 0 atom stereocenters. The summed E-state index contributed by atoms with van der Waals surface area (Å²) >= 11 is 0. The van der Waals surface area contributed by atoms with Gasteiger partial charge in [-0.25, -0.2) is 0 Å². The molecular weight excluding hydrogens is 484 g/mol. The van der Waals surface area contributed by atoms with E-state index in [1.807, 2.05) is 0 Å². The molecule has 0 saturated carbocycles. The van der Waals surface area contributed by atoms with Crippen molar-refractivity contribution < 1.29 is 33.6 Å². The summed E-state index contributed by atoms with van der Waals surface area (Å²) in [5.41, 5.74) is 0.542. The molecule has 1 aliphatic rings. The molecule has 0 aromatic heterocycles. The second-order valence-corrected chi connectivity index (χ2v) is 7.88. The second-order valence-electron chi connectivity index (χ2n) is 7.88. The Kier molecular flexibility index (Phi) is 6.73. The third kappa shape index (κ3) is 5.48. The zero-order chi connectivity index (χ0) is 26.7. The zero-order valence-electron chi connectivity index (χ0n) is 19.2. The van der Waals surface area contributed by atoms with E-state index in [2.05, 4.69) is 10.6 Å². The largest absolute Gasteiger partial charge is 0.427 e. The molecule has 0 radical (unpaired) electrons. The average molecular weight is 502 g/mol. The van der Waals surface area contributed by atoms with Crippen molar-refractivity contribution in [2.75, 3.05) is 17.2 Å². The van der Waals surface area contributed by atoms with Gasteiger partial charge in [0.2, 0.25) is 5.91 Å². The Bertz CT molecular complexity index is 1470. The molecule has 186 valence electrons. The summed E-state index contributed by atoms with van der Waals surface area (Å²) in [7, 11) is 0. The van der Waals surface area contributed by atoms with Gasteiger partial charge in [-0.3, -0.25) is 39.0 Å². The lowest BCUT2D eigenvalue weighted by atomic mass is 10.1. The first-order valence-corrected chi connectivity index (χ1v) is 10.8. The number of nitrogens with one attached hydrogen (secondary N) is 2. The first-order valence-electron chi connectivity index (χ1n) is 10.8. The summed E-state index contributed by atoms with van der Waals surface area (Å²) < 4.78 is 4.97. The lowest BCUT2D eigenvalue weighted by Crippen LogP contribution is -2.37. The standard InChI is InChI=1S/C25H18N4O8/c1-14(30)37-19-4-2-3-15(11-19)23(32)27-17-7-5-16(6-8-17)26-22(31)13-28-24(33)20-10-9-18(29(35)36)12-21(20)25(28)34/h2-12H,13H2,1H3,(H,26,31)(H,27,32). The monoisotopic (exact) mass is 502 g/mol. The van der Waals surface area contributed by atoms with Gasteiger partial charge in [-0.1, -0.05) is 6.07 Å². The molecular formula is C25H18N4O8. The van der Waals surface area contributed by atoms with Crippen LogP contribution in [0.3, 0.4) is 0 Å². The number of ether oxygens (including phenoxy) is 1. The topological polar surface area (TPSA) is 165 Å². The lowest BCUT2D eigenvalue weighted by Gasteiger charge is -2.14. The SMILES string of the molecule is CC(=O)Oc1cccc(C(=O)Nc2ccc(NC(=O)CN3C(=O)c4ccc([N+](=O)[O-])cc4C3=O)cc2)c1. The molecule has 1 aliphatic heterocycles. The number of hydrogen-bond acceptors (Lipinski definition) is 8. The minimum atomic E-state index is -0.797. The van der Waals surface area contributed by atoms with Gasteiger partial charge in [0.25, 0.3) is 23.4 Å². The van der Waals surface area contributed by atoms with E-state index in [9.17, 15) is 34.1 Å². The molecule has 2 N–H and O–H groups in total. The van der Waals surface area contributed by atoms with E-state index in [1.165, 1.54) is 43.3 Å². The summed E-state index contributed by atoms with van der Waals surface area (Å²) in [4.78, 5) is 72.1. The van der Waals surface area contributed by atoms with Crippen molar-refractivity contribution in [1.29, 1.82) is 0 Å². The maximum absolute atomic E-state index is 12.5. The van der Waals surface area contributed by atoms with Crippen molar-refractivity contribution in [1.82, 2.24) is 4.90 Å². The van der Waals surface area contributed by atoms with Gasteiger partial charge in [0.1, 0.15) is 12.3 Å². The Hall–Kier alpha value is -5.39. The van der Waals surface area contributed by atoms with Crippen LogP contribution in [0.1, 0.15) is 38.0 Å². The summed E-state index contributed by atoms with van der Waals surface area (Å²) in [6.07, 6.45) is 0. The number of non-ortho nitro benzene ring substituents is 1. The van der Waals surface area contributed by atoms with E-state index in [4.69, 9.17) is 4.74 Å². The molecule has 1 heterocycles. The van der Waals surface area contributed by atoms with Crippen LogP contribution in [0.15, 0.2) is 66.7 Å². The fourth-order valence-corrected chi connectivity index (χ4v) is 3.59. The minimum Gasteiger partial charge on any atom is -0.427 e. The van der Waals surface area contributed by atoms with E-state index in [0.29, 0.717) is 16.3 Å². The molecule has 0 saturated heterocycles. The number of imide groups is 1. The van der Waals surface area contributed by atoms with Crippen molar-refractivity contribution in [3.8, 4) is 5.75 Å². The van der Waals surface area contributed by atoms with Crippen LogP contribution in [0.25, 0.3) is 0 Å². The Morgan fingerprint density at radius 2 is 1.54 bits per heavy atom. The molecule has 0 aliphatic carbocycles. The predicted molar refractivity (Wildman–Crippen MR) is 129 cm³/mol. The highest BCUT2D eigenvalue weighted by molar-refractivity contribution is 6.23. The number of amides is 4. The van der Waals surface area contributed by atoms with Gasteiger partial charge in [0.15, 0.2) is 0 Å². The molecule has 0 fully saturated rings. The molecule has 3 aromatic carbocycles. The molecule has 0 spiro atoms. The smallest absolute Gasteiger partial charge is 0.308 e. The Morgan fingerprint density at radius 1 is 0.892 bits per heavy atom. The van der Waals surface area contributed by atoms with Crippen molar-refractivity contribution in [3.63, 3.8) is 0 Å². The summed E-state index contributed by atoms with van der Waals surface area (Å²) in [5, 5.41) is 16.2. The fraction of sp³-hybridized carbons (Fsp3) is 0.0800. The number of rotatable bonds is 7. The van der Waals surface area contributed by atoms with Crippen molar-refractivity contribution in [3.05, 3.63) is 93.5 Å². The molecule has 12 heteroatoms. The number of fused-ring (bicyclic) bond motifs is 1. The van der Waals surface area contributed by atoms with Crippen LogP contribution in [-0.4, -0.2) is 46.0 Å². The number of nitrogens with zero attached hydrogens (tertiary/aromatic N) is 2. The fourth-order valence-electron chi connectivity index (χ4n) is 3.59. The normalized spacial score (nSPS) is 12.1. The van der Waals surface area contributed by atoms with Gasteiger partial charge in [-0.15, -0.1) is 0 Å². The summed E-state index contributed by atoms with van der Waals surface area (Å²) in [6, 6.07) is 15.5. The third-order valence-corrected chi connectivity index (χ3v) is 5.25. The Morgan fingerprint density at radius 3 is 2.19 bits per heavy atom. The van der Waals surface area contributed by atoms with Gasteiger partial charge in [-0.2, -0.15) is 0 Å². The molecule has 4 amide bonds. The van der Waals surface area contributed by atoms with Gasteiger partial charge in [0.05, 0.1) is 16.1 Å². The highest BCUT2D eigenvalue weighted by Crippen LogP contribution is 2.27. The Labute approximate surface area is 209 Å². The molecule has 3 aromatic rings. The lowest BCUT2D eigenvalue weighted by molar-refractivity contribution is -0.384. The second kappa shape index (κ2) is 10.1. The van der Waals surface area contributed by atoms with Crippen molar-refractivity contribution >= 4 is 46.7 Å². The number of anilines is 2. The van der Waals surface area contributed by atoms with Crippen LogP contribution in [0.5, 0.6) is 5.75 Å². The van der Waals surface area contributed by atoms with Gasteiger partial charge in [-0.05, 0) is 48.5 Å². The summed E-state index contributed by atoms with van der Waals surface area (Å²) in [5.74, 6) is -2.91. The number of benzene rings is 3. The van der Waals surface area contributed by atoms with Crippen LogP contribution in [0.2, 0.25) is 0 Å². The maximum atomic E-state index is 12.5. The van der Waals surface area contributed by atoms with Gasteiger partial charge >= 0.3 is 5.97 Å². The maximum Gasteiger partial charge on any atom is 0.308 e. The first-order chi connectivity index (χ1) is 17.6. The first kappa shape index (κ1) is 24.7. The predicted octanol–water partition coefficient (Wildman–Crippen LogP) is 3.01. The van der Waals surface area contributed by atoms with E-state index in [-0.39, 0.29) is 28.1 Å². The summed E-state index contributed by atoms with van der Waals surface area (Å²) in [6.45, 7) is 0.665. The molecule has 0 unspecified atom stereocenters. The molecule has 37 heavy (non-hydrogen) atoms. The van der Waals surface area contributed by atoms with E-state index in [0.717, 1.165) is 12.1 Å². The number of hydrogen-bond donors (Lipinski definition) is 2. The van der Waals surface area contributed by atoms with Crippen LogP contribution in [0, 0.1) is 10.1 Å². The van der Waals surface area contributed by atoms with Crippen LogP contribution < -0.4 is 15.4 Å². The van der Waals surface area contributed by atoms with Crippen LogP contribution in [-0.2, 0) is 9.59 Å². The third-order valence-electron chi connectivity index (χ3n) is 5.25. The van der Waals surface area contributed by atoms with Crippen LogP contribution >= 0.6 is 0 Å². The van der Waals surface area contributed by atoms with Crippen molar-refractivity contribution in [2.45, 2.75) is 6.92 Å². The average Bonchev–Trinajstić information content (AvgIpc) is 3.09. The van der Waals surface area contributed by atoms with E-state index >= 15 is 0 Å². The van der Waals surface area contributed by atoms with E-state index in [1.54, 1.807) is 18.2 Å². The zero-order valence-corrected chi connectivity index (χ0v) is 19.2. The molecule has 0 bridgehead atoms. The van der Waals surface area contributed by atoms with Crippen LogP contribution in [0.4, 0.5) is 17.1 Å². The number of carbonyl (C=O) groups is 5. The van der Waals surface area contributed by atoms with E-state index < -0.39 is 41.1 Å². The Balaban J connectivity index is 1.36. The highest BCUT2D eigenvalue weighted by Gasteiger charge is 2.37.